The van der Waals surface area contributed by atoms with Crippen LogP contribution in [0.4, 0.5) is 9.18 Å². The number of fused-ring (bicyclic) bond motifs is 1. The predicted octanol–water partition coefficient (Wildman–Crippen LogP) is 2.44. The number of rotatable bonds is 2. The normalized spacial score (nSPS) is 14.6. The summed E-state index contributed by atoms with van der Waals surface area (Å²) in [5.41, 5.74) is 0.306. The van der Waals surface area contributed by atoms with Gasteiger partial charge in [0.15, 0.2) is 11.0 Å². The lowest BCUT2D eigenvalue weighted by Crippen LogP contribution is -2.38. The summed E-state index contributed by atoms with van der Waals surface area (Å²) in [5.74, 6) is 0.396. The topological polar surface area (TPSA) is 51.0 Å². The number of carbonyl (C=O) groups is 1. The fourth-order valence-electron chi connectivity index (χ4n) is 1.82. The van der Waals surface area contributed by atoms with E-state index in [1.54, 1.807) is 23.1 Å². The standard InChI is InChI=1S/C12H11FN4OS/c1-2-16-7-19-11-14-10(15-17(11)12(16)18)8-5-3-4-6-9(8)13/h3-6H,2,7H2,1H3. The van der Waals surface area contributed by atoms with Crippen LogP contribution in [-0.4, -0.2) is 38.1 Å². The zero-order chi connectivity index (χ0) is 13.4. The van der Waals surface area contributed by atoms with E-state index in [4.69, 9.17) is 0 Å². The van der Waals surface area contributed by atoms with Gasteiger partial charge in [0.2, 0.25) is 0 Å². The van der Waals surface area contributed by atoms with Gasteiger partial charge >= 0.3 is 6.03 Å². The minimum absolute atomic E-state index is 0.216. The molecule has 0 fully saturated rings. The number of amides is 1. The Labute approximate surface area is 113 Å². The van der Waals surface area contributed by atoms with Crippen LogP contribution in [0.2, 0.25) is 0 Å². The SMILES string of the molecule is CCN1CSc2nc(-c3ccccc3F)nn2C1=O. The van der Waals surface area contributed by atoms with E-state index in [2.05, 4.69) is 10.1 Å². The maximum atomic E-state index is 13.7. The van der Waals surface area contributed by atoms with Crippen LogP contribution in [0.25, 0.3) is 11.4 Å². The second-order valence-electron chi connectivity index (χ2n) is 4.02. The van der Waals surface area contributed by atoms with Crippen LogP contribution in [-0.2, 0) is 0 Å². The Bertz CT molecular complexity index is 642. The van der Waals surface area contributed by atoms with Crippen LogP contribution >= 0.6 is 11.8 Å². The van der Waals surface area contributed by atoms with Gasteiger partial charge in [-0.1, -0.05) is 23.9 Å². The Balaban J connectivity index is 2.04. The van der Waals surface area contributed by atoms with E-state index in [1.807, 2.05) is 6.92 Å². The summed E-state index contributed by atoms with van der Waals surface area (Å²) in [6, 6.07) is 6.05. The fraction of sp³-hybridized carbons (Fsp3) is 0.250. The molecule has 1 amide bonds. The third-order valence-corrected chi connectivity index (χ3v) is 3.84. The molecule has 19 heavy (non-hydrogen) atoms. The first-order chi connectivity index (χ1) is 9.20. The number of hydrogen-bond acceptors (Lipinski definition) is 4. The number of halogens is 1. The summed E-state index contributed by atoms with van der Waals surface area (Å²) in [5, 5.41) is 4.62. The number of carbonyl (C=O) groups excluding carboxylic acids is 1. The highest BCUT2D eigenvalue weighted by atomic mass is 32.2. The van der Waals surface area contributed by atoms with Crippen molar-refractivity contribution >= 4 is 17.8 Å². The number of thioether (sulfide) groups is 1. The van der Waals surface area contributed by atoms with E-state index in [0.717, 1.165) is 0 Å². The molecule has 1 aliphatic heterocycles. The van der Waals surface area contributed by atoms with E-state index >= 15 is 0 Å². The quantitative estimate of drug-likeness (QED) is 0.846. The first-order valence-corrected chi connectivity index (χ1v) is 6.83. The maximum Gasteiger partial charge on any atom is 0.347 e. The average Bonchev–Trinajstić information content (AvgIpc) is 2.84. The first-order valence-electron chi connectivity index (χ1n) is 5.84. The molecule has 7 heteroatoms. The zero-order valence-electron chi connectivity index (χ0n) is 10.2. The highest BCUT2D eigenvalue weighted by molar-refractivity contribution is 7.99. The molecule has 1 aliphatic rings. The minimum Gasteiger partial charge on any atom is -0.313 e. The van der Waals surface area contributed by atoms with Gasteiger partial charge in [-0.15, -0.1) is 5.10 Å². The molecule has 2 aromatic rings. The van der Waals surface area contributed by atoms with Crippen LogP contribution < -0.4 is 0 Å². The van der Waals surface area contributed by atoms with Gasteiger partial charge in [0.1, 0.15) is 5.82 Å². The molecule has 0 saturated heterocycles. The molecule has 0 radical (unpaired) electrons. The molecule has 1 aromatic heterocycles. The van der Waals surface area contributed by atoms with Crippen molar-refractivity contribution in [2.45, 2.75) is 12.1 Å². The molecular formula is C12H11FN4OS. The third-order valence-electron chi connectivity index (χ3n) is 2.88. The smallest absolute Gasteiger partial charge is 0.313 e. The van der Waals surface area contributed by atoms with E-state index in [9.17, 15) is 9.18 Å². The molecule has 0 aliphatic carbocycles. The van der Waals surface area contributed by atoms with Crippen LogP contribution in [0.3, 0.4) is 0 Å². The largest absolute Gasteiger partial charge is 0.347 e. The average molecular weight is 278 g/mol. The third kappa shape index (κ3) is 1.99. The molecule has 3 rings (SSSR count). The summed E-state index contributed by atoms with van der Waals surface area (Å²) in [7, 11) is 0. The van der Waals surface area contributed by atoms with Crippen molar-refractivity contribution in [3.63, 3.8) is 0 Å². The van der Waals surface area contributed by atoms with E-state index in [0.29, 0.717) is 23.1 Å². The van der Waals surface area contributed by atoms with Crippen LogP contribution in [0.1, 0.15) is 6.92 Å². The van der Waals surface area contributed by atoms with Crippen LogP contribution in [0.5, 0.6) is 0 Å². The van der Waals surface area contributed by atoms with E-state index < -0.39 is 5.82 Å². The van der Waals surface area contributed by atoms with E-state index in [-0.39, 0.29) is 11.9 Å². The summed E-state index contributed by atoms with van der Waals surface area (Å²) in [6.07, 6.45) is 0. The summed E-state index contributed by atoms with van der Waals surface area (Å²) in [6.45, 7) is 2.51. The minimum atomic E-state index is -0.393. The first kappa shape index (κ1) is 12.2. The Morgan fingerprint density at radius 3 is 2.95 bits per heavy atom. The summed E-state index contributed by atoms with van der Waals surface area (Å²) >= 11 is 1.42. The van der Waals surface area contributed by atoms with Gasteiger partial charge in [-0.2, -0.15) is 4.68 Å². The molecule has 98 valence electrons. The lowest BCUT2D eigenvalue weighted by Gasteiger charge is -2.23. The second-order valence-corrected chi connectivity index (χ2v) is 4.93. The van der Waals surface area contributed by atoms with Gasteiger partial charge in [-0.25, -0.2) is 14.2 Å². The van der Waals surface area contributed by atoms with Gasteiger partial charge < -0.3 is 4.90 Å². The Morgan fingerprint density at radius 2 is 2.21 bits per heavy atom. The van der Waals surface area contributed by atoms with Gasteiger partial charge in [0.05, 0.1) is 11.4 Å². The number of nitrogens with zero attached hydrogens (tertiary/aromatic N) is 4. The lowest BCUT2D eigenvalue weighted by atomic mass is 10.2. The zero-order valence-corrected chi connectivity index (χ0v) is 11.0. The molecule has 2 heterocycles. The molecule has 0 bridgehead atoms. The Hall–Kier alpha value is -1.89. The monoisotopic (exact) mass is 278 g/mol. The molecule has 0 N–H and O–H groups in total. The fourth-order valence-corrected chi connectivity index (χ4v) is 2.78. The van der Waals surface area contributed by atoms with Crippen molar-refractivity contribution in [3.8, 4) is 11.4 Å². The highest BCUT2D eigenvalue weighted by Gasteiger charge is 2.27. The van der Waals surface area contributed by atoms with Crippen LogP contribution in [0.15, 0.2) is 29.4 Å². The maximum absolute atomic E-state index is 13.7. The van der Waals surface area contributed by atoms with Gasteiger partial charge in [0, 0.05) is 6.54 Å². The highest BCUT2D eigenvalue weighted by Crippen LogP contribution is 2.27. The number of hydrogen-bond donors (Lipinski definition) is 0. The Morgan fingerprint density at radius 1 is 1.42 bits per heavy atom. The van der Waals surface area contributed by atoms with Gasteiger partial charge in [-0.05, 0) is 19.1 Å². The molecule has 5 nitrogen and oxygen atoms in total. The van der Waals surface area contributed by atoms with Crippen molar-refractivity contribution < 1.29 is 9.18 Å². The van der Waals surface area contributed by atoms with E-state index in [1.165, 1.54) is 22.5 Å². The summed E-state index contributed by atoms with van der Waals surface area (Å²) < 4.78 is 14.9. The van der Waals surface area contributed by atoms with Crippen molar-refractivity contribution in [3.05, 3.63) is 30.1 Å². The van der Waals surface area contributed by atoms with Crippen molar-refractivity contribution in [2.24, 2.45) is 0 Å². The van der Waals surface area contributed by atoms with Crippen molar-refractivity contribution in [1.82, 2.24) is 19.7 Å². The molecule has 0 spiro atoms. The van der Waals surface area contributed by atoms with Crippen molar-refractivity contribution in [2.75, 3.05) is 12.4 Å². The molecule has 0 saturated carbocycles. The lowest BCUT2D eigenvalue weighted by molar-refractivity contribution is 0.202. The van der Waals surface area contributed by atoms with Crippen molar-refractivity contribution in [1.29, 1.82) is 0 Å². The molecule has 0 atom stereocenters. The molecule has 0 unspecified atom stereocenters. The second kappa shape index (κ2) is 4.65. The van der Waals surface area contributed by atoms with Gasteiger partial charge in [-0.3, -0.25) is 0 Å². The van der Waals surface area contributed by atoms with Gasteiger partial charge in [0.25, 0.3) is 0 Å². The predicted molar refractivity (Wildman–Crippen MR) is 69.3 cm³/mol. The summed E-state index contributed by atoms with van der Waals surface area (Å²) in [4.78, 5) is 17.9. The molecular weight excluding hydrogens is 267 g/mol. The Kier molecular flexibility index (Phi) is 2.98. The van der Waals surface area contributed by atoms with Crippen LogP contribution in [0, 0.1) is 5.82 Å². The number of benzene rings is 1. The molecule has 1 aromatic carbocycles. The number of aromatic nitrogens is 3.